The lowest BCUT2D eigenvalue weighted by Gasteiger charge is -2.29. The van der Waals surface area contributed by atoms with E-state index in [1.54, 1.807) is 12.1 Å². The summed E-state index contributed by atoms with van der Waals surface area (Å²) in [7, 11) is 0. The molecule has 2 aliphatic rings. The molecule has 0 saturated heterocycles. The van der Waals surface area contributed by atoms with E-state index in [1.807, 2.05) is 13.0 Å². The second kappa shape index (κ2) is 6.67. The average Bonchev–Trinajstić information content (AvgIpc) is 3.01. The molecule has 0 aliphatic heterocycles. The number of nitrogens with zero attached hydrogens (tertiary/aromatic N) is 1. The van der Waals surface area contributed by atoms with Crippen LogP contribution in [-0.4, -0.2) is 28.8 Å². The Morgan fingerprint density at radius 1 is 1.20 bits per heavy atom. The van der Waals surface area contributed by atoms with Crippen molar-refractivity contribution in [3.8, 4) is 0 Å². The third-order valence-electron chi connectivity index (χ3n) is 4.99. The Bertz CT molecular complexity index is 771. The summed E-state index contributed by atoms with van der Waals surface area (Å²) < 4.78 is 5.11. The van der Waals surface area contributed by atoms with Crippen LogP contribution in [0.5, 0.6) is 0 Å². The van der Waals surface area contributed by atoms with Crippen LogP contribution in [-0.2, 0) is 0 Å². The highest BCUT2D eigenvalue weighted by atomic mass is 32.1. The summed E-state index contributed by atoms with van der Waals surface area (Å²) in [5, 5.41) is 3.51. The molecule has 2 fully saturated rings. The van der Waals surface area contributed by atoms with Gasteiger partial charge in [-0.1, -0.05) is 12.8 Å². The minimum absolute atomic E-state index is 0.135. The molecule has 25 heavy (non-hydrogen) atoms. The molecule has 4 rings (SSSR count). The van der Waals surface area contributed by atoms with E-state index in [1.165, 1.54) is 30.4 Å². The molecular weight excluding hydrogens is 336 g/mol. The minimum Gasteiger partial charge on any atom is -0.459 e. The summed E-state index contributed by atoms with van der Waals surface area (Å²) in [6, 6.07) is 5.98. The van der Waals surface area contributed by atoms with Crippen molar-refractivity contribution in [1.29, 1.82) is 0 Å². The molecule has 0 spiro atoms. The topological polar surface area (TPSA) is 62.6 Å². The molecule has 1 N–H and O–H groups in total. The van der Waals surface area contributed by atoms with Gasteiger partial charge in [-0.3, -0.25) is 9.59 Å². The van der Waals surface area contributed by atoms with Crippen LogP contribution >= 0.6 is 11.3 Å². The van der Waals surface area contributed by atoms with Crippen molar-refractivity contribution >= 4 is 28.2 Å². The lowest BCUT2D eigenvalue weighted by molar-refractivity contribution is 0.0668. The number of aryl methyl sites for hydroxylation is 1. The van der Waals surface area contributed by atoms with Gasteiger partial charge in [-0.15, -0.1) is 11.3 Å². The predicted octanol–water partition coefficient (Wildman–Crippen LogP) is 4.45. The number of hydrogen-bond acceptors (Lipinski definition) is 4. The summed E-state index contributed by atoms with van der Waals surface area (Å²) in [5.41, 5.74) is 0.924. The Morgan fingerprint density at radius 2 is 1.92 bits per heavy atom. The number of nitrogens with one attached hydrogen (secondary N) is 1. The Hall–Kier alpha value is -2.08. The second-order valence-electron chi connectivity index (χ2n) is 6.94. The monoisotopic (exact) mass is 358 g/mol. The van der Waals surface area contributed by atoms with Gasteiger partial charge >= 0.3 is 0 Å². The highest BCUT2D eigenvalue weighted by Gasteiger charge is 2.39. The first-order chi connectivity index (χ1) is 12.1. The van der Waals surface area contributed by atoms with Gasteiger partial charge in [0.05, 0.1) is 16.1 Å². The maximum Gasteiger partial charge on any atom is 0.291 e. The van der Waals surface area contributed by atoms with Crippen LogP contribution in [0, 0.1) is 6.92 Å². The largest absolute Gasteiger partial charge is 0.459 e. The quantitative estimate of drug-likeness (QED) is 0.859. The zero-order valence-corrected chi connectivity index (χ0v) is 15.1. The van der Waals surface area contributed by atoms with E-state index in [-0.39, 0.29) is 17.6 Å². The SMILES string of the molecule is Cc1cc(NC(=O)c2ccco2)sc1C(=O)N(C1CCCC1)C1CC1. The van der Waals surface area contributed by atoms with Crippen molar-refractivity contribution < 1.29 is 14.0 Å². The van der Waals surface area contributed by atoms with Crippen molar-refractivity contribution in [2.75, 3.05) is 5.32 Å². The van der Waals surface area contributed by atoms with E-state index in [0.29, 0.717) is 17.1 Å². The molecule has 2 aliphatic carbocycles. The van der Waals surface area contributed by atoms with Crippen molar-refractivity contribution in [2.24, 2.45) is 0 Å². The first-order valence-electron chi connectivity index (χ1n) is 8.91. The lowest BCUT2D eigenvalue weighted by atomic mass is 10.1. The number of anilines is 1. The van der Waals surface area contributed by atoms with Gasteiger partial charge in [0.2, 0.25) is 0 Å². The summed E-state index contributed by atoms with van der Waals surface area (Å²) in [6.07, 6.45) is 8.38. The fourth-order valence-corrected chi connectivity index (χ4v) is 4.63. The molecule has 2 aromatic rings. The van der Waals surface area contributed by atoms with E-state index in [4.69, 9.17) is 4.42 Å². The molecular formula is C19H22N2O3S. The lowest BCUT2D eigenvalue weighted by Crippen LogP contribution is -2.40. The number of carbonyl (C=O) groups is 2. The number of hydrogen-bond donors (Lipinski definition) is 1. The maximum atomic E-state index is 13.2. The summed E-state index contributed by atoms with van der Waals surface area (Å²) in [6.45, 7) is 1.94. The standard InChI is InChI=1S/C19H22N2O3S/c1-12-11-16(20-18(22)15-7-4-10-24-15)25-17(12)19(23)21(14-8-9-14)13-5-2-3-6-13/h4,7,10-11,13-14H,2-3,5-6,8-9H2,1H3,(H,20,22). The van der Waals surface area contributed by atoms with Crippen LogP contribution in [0.15, 0.2) is 28.9 Å². The van der Waals surface area contributed by atoms with E-state index >= 15 is 0 Å². The molecule has 0 bridgehead atoms. The van der Waals surface area contributed by atoms with Gasteiger partial charge < -0.3 is 14.6 Å². The molecule has 2 heterocycles. The van der Waals surface area contributed by atoms with Crippen LogP contribution in [0.2, 0.25) is 0 Å². The van der Waals surface area contributed by atoms with Gasteiger partial charge in [-0.2, -0.15) is 0 Å². The van der Waals surface area contributed by atoms with E-state index in [9.17, 15) is 9.59 Å². The third-order valence-corrected chi connectivity index (χ3v) is 6.13. The van der Waals surface area contributed by atoms with E-state index in [0.717, 1.165) is 36.1 Å². The van der Waals surface area contributed by atoms with Crippen LogP contribution in [0.1, 0.15) is 64.3 Å². The van der Waals surface area contributed by atoms with Gasteiger partial charge in [0.15, 0.2) is 5.76 Å². The summed E-state index contributed by atoms with van der Waals surface area (Å²) in [4.78, 5) is 28.2. The van der Waals surface area contributed by atoms with Crippen LogP contribution in [0.3, 0.4) is 0 Å². The van der Waals surface area contributed by atoms with Gasteiger partial charge in [0.1, 0.15) is 0 Å². The normalized spacial score (nSPS) is 17.6. The molecule has 0 unspecified atom stereocenters. The predicted molar refractivity (Wildman–Crippen MR) is 97.2 cm³/mol. The molecule has 2 amide bonds. The Balaban J connectivity index is 1.52. The van der Waals surface area contributed by atoms with E-state index < -0.39 is 0 Å². The Morgan fingerprint density at radius 3 is 2.56 bits per heavy atom. The third kappa shape index (κ3) is 3.35. The number of furan rings is 1. The van der Waals surface area contributed by atoms with Crippen molar-refractivity contribution in [3.63, 3.8) is 0 Å². The van der Waals surface area contributed by atoms with Crippen LogP contribution in [0.4, 0.5) is 5.00 Å². The minimum atomic E-state index is -0.292. The summed E-state index contributed by atoms with van der Waals surface area (Å²) in [5.74, 6) is 0.111. The molecule has 5 nitrogen and oxygen atoms in total. The number of thiophene rings is 1. The average molecular weight is 358 g/mol. The van der Waals surface area contributed by atoms with Crippen LogP contribution in [0.25, 0.3) is 0 Å². The highest BCUT2D eigenvalue weighted by Crippen LogP contribution is 2.38. The summed E-state index contributed by atoms with van der Waals surface area (Å²) >= 11 is 1.36. The number of carbonyl (C=O) groups excluding carboxylic acids is 2. The van der Waals surface area contributed by atoms with Gasteiger partial charge in [0, 0.05) is 12.1 Å². The molecule has 132 valence electrons. The Kier molecular flexibility index (Phi) is 4.37. The van der Waals surface area contributed by atoms with Crippen molar-refractivity contribution in [3.05, 3.63) is 40.7 Å². The smallest absolute Gasteiger partial charge is 0.291 e. The molecule has 0 atom stereocenters. The molecule has 0 aromatic carbocycles. The van der Waals surface area contributed by atoms with Gasteiger partial charge in [-0.25, -0.2) is 0 Å². The first kappa shape index (κ1) is 16.4. The fraction of sp³-hybridized carbons (Fsp3) is 0.474. The second-order valence-corrected chi connectivity index (χ2v) is 7.99. The zero-order chi connectivity index (χ0) is 17.4. The number of amides is 2. The van der Waals surface area contributed by atoms with Crippen molar-refractivity contribution in [1.82, 2.24) is 4.90 Å². The molecule has 0 radical (unpaired) electrons. The molecule has 2 saturated carbocycles. The fourth-order valence-electron chi connectivity index (χ4n) is 3.62. The number of rotatable bonds is 5. The van der Waals surface area contributed by atoms with Crippen LogP contribution < -0.4 is 5.32 Å². The molecule has 6 heteroatoms. The van der Waals surface area contributed by atoms with Crippen molar-refractivity contribution in [2.45, 2.75) is 57.5 Å². The van der Waals surface area contributed by atoms with Gasteiger partial charge in [0.25, 0.3) is 11.8 Å². The maximum absolute atomic E-state index is 13.2. The van der Waals surface area contributed by atoms with E-state index in [2.05, 4.69) is 10.2 Å². The zero-order valence-electron chi connectivity index (χ0n) is 14.3. The Labute approximate surface area is 151 Å². The van der Waals surface area contributed by atoms with Gasteiger partial charge in [-0.05, 0) is 56.4 Å². The first-order valence-corrected chi connectivity index (χ1v) is 9.73. The molecule has 2 aromatic heterocycles. The highest BCUT2D eigenvalue weighted by molar-refractivity contribution is 7.18.